The summed E-state index contributed by atoms with van der Waals surface area (Å²) >= 11 is 0. The lowest BCUT2D eigenvalue weighted by Crippen LogP contribution is -2.23. The fourth-order valence-corrected chi connectivity index (χ4v) is 2.63. The highest BCUT2D eigenvalue weighted by Crippen LogP contribution is 2.08. The number of ether oxygens (including phenoxy) is 1. The summed E-state index contributed by atoms with van der Waals surface area (Å²) in [5.41, 5.74) is 0. The van der Waals surface area contributed by atoms with Crippen molar-refractivity contribution in [2.24, 2.45) is 0 Å². The average molecular weight is 366 g/mol. The monoisotopic (exact) mass is 365 g/mol. The van der Waals surface area contributed by atoms with Gasteiger partial charge in [-0.1, -0.05) is 70.3 Å². The normalized spacial score (nSPS) is 11.8. The van der Waals surface area contributed by atoms with Gasteiger partial charge in [-0.05, 0) is 52.1 Å². The van der Waals surface area contributed by atoms with E-state index in [1.54, 1.807) is 0 Å². The number of esters is 1. The van der Waals surface area contributed by atoms with Gasteiger partial charge in [0, 0.05) is 13.0 Å². The predicted molar refractivity (Wildman–Crippen MR) is 113 cm³/mol. The molecule has 0 saturated heterocycles. The molecule has 0 aromatic heterocycles. The number of likely N-dealkylation sites (N-methyl/N-ethyl adjacent to an activating group) is 1. The highest BCUT2D eigenvalue weighted by atomic mass is 16.5. The highest BCUT2D eigenvalue weighted by molar-refractivity contribution is 5.69. The van der Waals surface area contributed by atoms with E-state index in [1.807, 2.05) is 7.05 Å². The van der Waals surface area contributed by atoms with E-state index in [1.165, 1.54) is 51.4 Å². The van der Waals surface area contributed by atoms with Crippen molar-refractivity contribution in [3.63, 3.8) is 0 Å². The summed E-state index contributed by atoms with van der Waals surface area (Å²) in [6.07, 6.45) is 23.0. The topological polar surface area (TPSA) is 29.5 Å². The number of hydrogen-bond acceptors (Lipinski definition) is 3. The van der Waals surface area contributed by atoms with Crippen LogP contribution in [0.4, 0.5) is 0 Å². The van der Waals surface area contributed by atoms with Gasteiger partial charge in [0.25, 0.3) is 0 Å². The Morgan fingerprint density at radius 2 is 1.46 bits per heavy atom. The lowest BCUT2D eigenvalue weighted by Gasteiger charge is -2.13. The molecule has 0 aromatic rings. The van der Waals surface area contributed by atoms with E-state index in [9.17, 15) is 4.79 Å². The second-order valence-corrected chi connectivity index (χ2v) is 7.10. The third-order valence-electron chi connectivity index (χ3n) is 4.61. The second kappa shape index (κ2) is 20.2. The van der Waals surface area contributed by atoms with Crippen LogP contribution in [0.3, 0.4) is 0 Å². The van der Waals surface area contributed by atoms with Gasteiger partial charge in [-0.3, -0.25) is 4.79 Å². The Morgan fingerprint density at radius 1 is 0.846 bits per heavy atom. The van der Waals surface area contributed by atoms with Gasteiger partial charge in [0.1, 0.15) is 6.61 Å². The number of hydrogen-bond donors (Lipinski definition) is 0. The molecule has 0 aliphatic rings. The molecule has 0 N–H and O–H groups in total. The molecule has 3 nitrogen and oxygen atoms in total. The minimum Gasteiger partial charge on any atom is -0.464 e. The third kappa shape index (κ3) is 19.2. The van der Waals surface area contributed by atoms with Crippen molar-refractivity contribution in [2.75, 3.05) is 26.7 Å². The maximum atomic E-state index is 11.6. The van der Waals surface area contributed by atoms with Crippen molar-refractivity contribution in [2.45, 2.75) is 90.9 Å². The zero-order valence-electron chi connectivity index (χ0n) is 17.7. The summed E-state index contributed by atoms with van der Waals surface area (Å²) in [5.74, 6) is -0.0415. The van der Waals surface area contributed by atoms with Crippen LogP contribution < -0.4 is 0 Å². The van der Waals surface area contributed by atoms with Crippen molar-refractivity contribution in [3.05, 3.63) is 24.3 Å². The lowest BCUT2D eigenvalue weighted by atomic mass is 10.1. The Balaban J connectivity index is 3.30. The Morgan fingerprint density at radius 3 is 2.12 bits per heavy atom. The van der Waals surface area contributed by atoms with E-state index in [0.29, 0.717) is 13.0 Å². The molecule has 0 fully saturated rings. The van der Waals surface area contributed by atoms with Crippen LogP contribution in [0.2, 0.25) is 0 Å². The van der Waals surface area contributed by atoms with Crippen LogP contribution in [-0.4, -0.2) is 37.6 Å². The maximum Gasteiger partial charge on any atom is 0.305 e. The fraction of sp³-hybridized carbons (Fsp3) is 0.783. The quantitative estimate of drug-likeness (QED) is 0.162. The molecule has 0 unspecified atom stereocenters. The highest BCUT2D eigenvalue weighted by Gasteiger charge is 2.03. The van der Waals surface area contributed by atoms with E-state index in [-0.39, 0.29) is 5.97 Å². The Bertz CT molecular complexity index is 363. The molecule has 0 rings (SSSR count). The molecule has 0 spiro atoms. The minimum atomic E-state index is -0.0415. The van der Waals surface area contributed by atoms with E-state index in [0.717, 1.165) is 32.4 Å². The van der Waals surface area contributed by atoms with Gasteiger partial charge >= 0.3 is 5.97 Å². The van der Waals surface area contributed by atoms with Crippen LogP contribution in [0.25, 0.3) is 0 Å². The van der Waals surface area contributed by atoms with Gasteiger partial charge in [0.05, 0.1) is 0 Å². The molecule has 0 radical (unpaired) electrons. The first-order chi connectivity index (χ1) is 12.7. The molecule has 0 atom stereocenters. The first-order valence-electron chi connectivity index (χ1n) is 10.8. The molecule has 0 amide bonds. The van der Waals surface area contributed by atoms with Crippen LogP contribution in [0.5, 0.6) is 0 Å². The van der Waals surface area contributed by atoms with E-state index < -0.39 is 0 Å². The van der Waals surface area contributed by atoms with Gasteiger partial charge in [0.15, 0.2) is 0 Å². The van der Waals surface area contributed by atoms with Crippen LogP contribution in [-0.2, 0) is 9.53 Å². The van der Waals surface area contributed by atoms with Crippen LogP contribution >= 0.6 is 0 Å². The number of nitrogens with zero attached hydrogens (tertiary/aromatic N) is 1. The van der Waals surface area contributed by atoms with E-state index >= 15 is 0 Å². The predicted octanol–water partition coefficient (Wildman–Crippen LogP) is 6.29. The first kappa shape index (κ1) is 24.9. The molecule has 0 aliphatic carbocycles. The summed E-state index contributed by atoms with van der Waals surface area (Å²) in [4.78, 5) is 13.7. The van der Waals surface area contributed by atoms with Crippen LogP contribution in [0.15, 0.2) is 24.3 Å². The maximum absolute atomic E-state index is 11.6. The van der Waals surface area contributed by atoms with Crippen molar-refractivity contribution >= 4 is 5.97 Å². The summed E-state index contributed by atoms with van der Waals surface area (Å²) in [6, 6.07) is 0. The number of rotatable bonds is 18. The number of allylic oxidation sites excluding steroid dienone is 4. The van der Waals surface area contributed by atoms with Crippen molar-refractivity contribution < 1.29 is 9.53 Å². The third-order valence-corrected chi connectivity index (χ3v) is 4.61. The van der Waals surface area contributed by atoms with Crippen molar-refractivity contribution in [3.8, 4) is 0 Å². The zero-order chi connectivity index (χ0) is 19.3. The molecule has 0 aromatic carbocycles. The number of carbonyl (C=O) groups excluding carboxylic acids is 1. The van der Waals surface area contributed by atoms with Crippen LogP contribution in [0, 0.1) is 0 Å². The molecular weight excluding hydrogens is 322 g/mol. The summed E-state index contributed by atoms with van der Waals surface area (Å²) in [6.45, 7) is 6.68. The summed E-state index contributed by atoms with van der Waals surface area (Å²) in [5, 5.41) is 0. The summed E-state index contributed by atoms with van der Waals surface area (Å²) in [7, 11) is 2.04. The average Bonchev–Trinajstić information content (AvgIpc) is 2.64. The Labute approximate surface area is 162 Å². The molecule has 0 heterocycles. The second-order valence-electron chi connectivity index (χ2n) is 7.10. The smallest absolute Gasteiger partial charge is 0.305 e. The first-order valence-corrected chi connectivity index (χ1v) is 10.8. The summed E-state index contributed by atoms with van der Waals surface area (Å²) < 4.78 is 5.24. The van der Waals surface area contributed by atoms with Crippen molar-refractivity contribution in [1.29, 1.82) is 0 Å². The van der Waals surface area contributed by atoms with Gasteiger partial charge < -0.3 is 9.64 Å². The van der Waals surface area contributed by atoms with Gasteiger partial charge in [-0.25, -0.2) is 0 Å². The van der Waals surface area contributed by atoms with Gasteiger partial charge in [-0.2, -0.15) is 0 Å². The molecule has 0 aliphatic heterocycles. The molecular formula is C23H43NO2. The van der Waals surface area contributed by atoms with Gasteiger partial charge in [-0.15, -0.1) is 0 Å². The minimum absolute atomic E-state index is 0.0415. The number of carbonyl (C=O) groups is 1. The van der Waals surface area contributed by atoms with E-state index in [2.05, 4.69) is 43.1 Å². The molecule has 3 heteroatoms. The molecule has 0 bridgehead atoms. The lowest BCUT2D eigenvalue weighted by molar-refractivity contribution is -0.144. The molecule has 0 saturated carbocycles. The fourth-order valence-electron chi connectivity index (χ4n) is 2.63. The van der Waals surface area contributed by atoms with E-state index in [4.69, 9.17) is 4.74 Å². The Hall–Kier alpha value is -1.09. The number of unbranched alkanes of at least 4 members (excludes halogenated alkanes) is 8. The zero-order valence-corrected chi connectivity index (χ0v) is 17.7. The van der Waals surface area contributed by atoms with Crippen LogP contribution in [0.1, 0.15) is 90.9 Å². The SMILES string of the molecule is CCCCC/C=C\C/C=C\CCCCCCCC(=O)OCCN(C)CC. The molecule has 152 valence electrons. The Kier molecular flexibility index (Phi) is 19.4. The molecule has 26 heavy (non-hydrogen) atoms. The standard InChI is InChI=1S/C23H43NO2/c1-4-6-7-8-9-10-11-12-13-14-15-16-17-18-19-20-23(25)26-22-21-24(3)5-2/h9-10,12-13H,4-8,11,14-22H2,1-3H3/b10-9-,13-12-. The van der Waals surface area contributed by atoms with Crippen molar-refractivity contribution in [1.82, 2.24) is 4.90 Å². The largest absolute Gasteiger partial charge is 0.464 e. The van der Waals surface area contributed by atoms with Gasteiger partial charge in [0.2, 0.25) is 0 Å².